The van der Waals surface area contributed by atoms with E-state index < -0.39 is 0 Å². The number of hydrogen-bond acceptors (Lipinski definition) is 6. The number of benzene rings is 1. The summed E-state index contributed by atoms with van der Waals surface area (Å²) >= 11 is 0. The largest absolute Gasteiger partial charge is 0.490 e. The number of aromatic nitrogens is 2. The van der Waals surface area contributed by atoms with Gasteiger partial charge < -0.3 is 13.9 Å². The van der Waals surface area contributed by atoms with Gasteiger partial charge in [-0.25, -0.2) is 0 Å². The van der Waals surface area contributed by atoms with Gasteiger partial charge in [0.2, 0.25) is 5.89 Å². The Hall–Kier alpha value is -2.55. The topological polar surface area (TPSA) is 81.2 Å². The number of nitrogens with zero attached hydrogens (tertiary/aromatic N) is 3. The maximum Gasteiger partial charge on any atom is 0.253 e. The molecule has 19 heavy (non-hydrogen) atoms. The van der Waals surface area contributed by atoms with Crippen molar-refractivity contribution in [3.63, 3.8) is 0 Å². The minimum absolute atomic E-state index is 0.160. The summed E-state index contributed by atoms with van der Waals surface area (Å²) in [6.45, 7) is 4.23. The molecule has 0 fully saturated rings. The first-order valence-electron chi connectivity index (χ1n) is 5.81. The average molecular weight is 259 g/mol. The lowest BCUT2D eigenvalue weighted by atomic mass is 10.2. The molecule has 0 aliphatic heterocycles. The molecule has 1 heterocycles. The van der Waals surface area contributed by atoms with Gasteiger partial charge in [0.15, 0.2) is 18.1 Å². The molecule has 0 unspecified atom stereocenters. The van der Waals surface area contributed by atoms with Crippen LogP contribution in [0.3, 0.4) is 0 Å². The molecule has 1 aromatic carbocycles. The Balaban J connectivity index is 2.12. The van der Waals surface area contributed by atoms with Crippen LogP contribution in [-0.4, -0.2) is 16.8 Å². The van der Waals surface area contributed by atoms with Crippen LogP contribution in [0.15, 0.2) is 22.6 Å². The lowest BCUT2D eigenvalue weighted by Crippen LogP contribution is -2.00. The van der Waals surface area contributed by atoms with Crippen molar-refractivity contribution in [3.8, 4) is 17.6 Å². The summed E-state index contributed by atoms with van der Waals surface area (Å²) in [5, 5.41) is 16.4. The van der Waals surface area contributed by atoms with Gasteiger partial charge in [0.05, 0.1) is 18.2 Å². The Kier molecular flexibility index (Phi) is 3.98. The van der Waals surface area contributed by atoms with Crippen molar-refractivity contribution < 1.29 is 13.9 Å². The van der Waals surface area contributed by atoms with E-state index in [1.807, 2.05) is 6.92 Å². The van der Waals surface area contributed by atoms with E-state index in [4.69, 9.17) is 19.2 Å². The standard InChI is InChI=1S/C13H13N3O3/c1-3-17-12-6-10(7-14)4-5-11(12)18-8-13-16-15-9(2)19-13/h4-6H,3,8H2,1-2H3. The number of hydrogen-bond donors (Lipinski definition) is 0. The predicted octanol–water partition coefficient (Wildman–Crippen LogP) is 2.23. The van der Waals surface area contributed by atoms with Crippen molar-refractivity contribution in [3.05, 3.63) is 35.5 Å². The van der Waals surface area contributed by atoms with Gasteiger partial charge in [-0.2, -0.15) is 5.26 Å². The predicted molar refractivity (Wildman–Crippen MR) is 65.7 cm³/mol. The van der Waals surface area contributed by atoms with E-state index in [9.17, 15) is 0 Å². The van der Waals surface area contributed by atoms with Gasteiger partial charge in [0, 0.05) is 13.0 Å². The molecule has 1 aromatic heterocycles. The first-order chi connectivity index (χ1) is 9.22. The van der Waals surface area contributed by atoms with Crippen LogP contribution in [0.25, 0.3) is 0 Å². The fraction of sp³-hybridized carbons (Fsp3) is 0.308. The number of nitriles is 1. The van der Waals surface area contributed by atoms with Crippen LogP contribution in [0, 0.1) is 18.3 Å². The van der Waals surface area contributed by atoms with E-state index >= 15 is 0 Å². The first kappa shape index (κ1) is 12.9. The molecular formula is C13H13N3O3. The van der Waals surface area contributed by atoms with E-state index in [2.05, 4.69) is 16.3 Å². The van der Waals surface area contributed by atoms with Gasteiger partial charge in [-0.1, -0.05) is 0 Å². The van der Waals surface area contributed by atoms with Crippen LogP contribution in [0.4, 0.5) is 0 Å². The van der Waals surface area contributed by atoms with E-state index in [1.165, 1.54) is 0 Å². The second-order valence-electron chi connectivity index (χ2n) is 3.71. The summed E-state index contributed by atoms with van der Waals surface area (Å²) < 4.78 is 16.2. The van der Waals surface area contributed by atoms with Gasteiger partial charge in [-0.15, -0.1) is 10.2 Å². The molecule has 0 aliphatic rings. The minimum atomic E-state index is 0.160. The molecule has 0 radical (unpaired) electrons. The normalized spacial score (nSPS) is 9.95. The smallest absolute Gasteiger partial charge is 0.253 e. The zero-order valence-corrected chi connectivity index (χ0v) is 10.7. The monoisotopic (exact) mass is 259 g/mol. The van der Waals surface area contributed by atoms with Gasteiger partial charge in [0.1, 0.15) is 0 Å². The van der Waals surface area contributed by atoms with Crippen molar-refractivity contribution in [2.24, 2.45) is 0 Å². The summed E-state index contributed by atoms with van der Waals surface area (Å²) in [6, 6.07) is 7.04. The Morgan fingerprint density at radius 3 is 2.74 bits per heavy atom. The highest BCUT2D eigenvalue weighted by molar-refractivity contribution is 5.46. The summed E-state index contributed by atoms with van der Waals surface area (Å²) in [5.41, 5.74) is 0.518. The molecular weight excluding hydrogens is 246 g/mol. The molecule has 0 N–H and O–H groups in total. The van der Waals surface area contributed by atoms with Gasteiger partial charge in [0.25, 0.3) is 5.89 Å². The Labute approximate surface area is 110 Å². The third kappa shape index (κ3) is 3.22. The third-order valence-electron chi connectivity index (χ3n) is 2.29. The number of ether oxygens (including phenoxy) is 2. The molecule has 0 atom stereocenters. The van der Waals surface area contributed by atoms with Crippen LogP contribution < -0.4 is 9.47 Å². The fourth-order valence-electron chi connectivity index (χ4n) is 1.50. The van der Waals surface area contributed by atoms with Crippen LogP contribution in [-0.2, 0) is 6.61 Å². The lowest BCUT2D eigenvalue weighted by molar-refractivity contribution is 0.240. The number of aryl methyl sites for hydroxylation is 1. The summed E-state index contributed by atoms with van der Waals surface area (Å²) in [7, 11) is 0. The molecule has 2 rings (SSSR count). The maximum absolute atomic E-state index is 8.85. The third-order valence-corrected chi connectivity index (χ3v) is 2.29. The summed E-state index contributed by atoms with van der Waals surface area (Å²) in [5.74, 6) is 1.95. The molecule has 2 aromatic rings. The zero-order valence-electron chi connectivity index (χ0n) is 10.7. The second-order valence-corrected chi connectivity index (χ2v) is 3.71. The first-order valence-corrected chi connectivity index (χ1v) is 5.81. The van der Waals surface area contributed by atoms with Crippen molar-refractivity contribution in [2.75, 3.05) is 6.61 Å². The minimum Gasteiger partial charge on any atom is -0.490 e. The van der Waals surface area contributed by atoms with Crippen LogP contribution >= 0.6 is 0 Å². The van der Waals surface area contributed by atoms with E-state index in [1.54, 1.807) is 25.1 Å². The quantitative estimate of drug-likeness (QED) is 0.819. The second kappa shape index (κ2) is 5.87. The summed E-state index contributed by atoms with van der Waals surface area (Å²) in [4.78, 5) is 0. The molecule has 0 saturated carbocycles. The van der Waals surface area contributed by atoms with Crippen LogP contribution in [0.5, 0.6) is 11.5 Å². The van der Waals surface area contributed by atoms with E-state index in [0.29, 0.717) is 35.5 Å². The van der Waals surface area contributed by atoms with Gasteiger partial charge in [-0.05, 0) is 19.1 Å². The lowest BCUT2D eigenvalue weighted by Gasteiger charge is -2.10. The van der Waals surface area contributed by atoms with E-state index in [-0.39, 0.29) is 6.61 Å². The zero-order chi connectivity index (χ0) is 13.7. The maximum atomic E-state index is 8.85. The number of rotatable bonds is 5. The highest BCUT2D eigenvalue weighted by atomic mass is 16.5. The van der Waals surface area contributed by atoms with Crippen molar-refractivity contribution in [1.82, 2.24) is 10.2 Å². The molecule has 0 bridgehead atoms. The molecule has 0 spiro atoms. The van der Waals surface area contributed by atoms with Crippen LogP contribution in [0.1, 0.15) is 24.3 Å². The highest BCUT2D eigenvalue weighted by Gasteiger charge is 2.09. The van der Waals surface area contributed by atoms with Gasteiger partial charge >= 0.3 is 0 Å². The van der Waals surface area contributed by atoms with Crippen LogP contribution in [0.2, 0.25) is 0 Å². The van der Waals surface area contributed by atoms with Crippen molar-refractivity contribution in [2.45, 2.75) is 20.5 Å². The highest BCUT2D eigenvalue weighted by Crippen LogP contribution is 2.28. The fourth-order valence-corrected chi connectivity index (χ4v) is 1.50. The van der Waals surface area contributed by atoms with Crippen molar-refractivity contribution in [1.29, 1.82) is 5.26 Å². The Morgan fingerprint density at radius 1 is 1.26 bits per heavy atom. The SMILES string of the molecule is CCOc1cc(C#N)ccc1OCc1nnc(C)o1. The molecule has 98 valence electrons. The average Bonchev–Trinajstić information content (AvgIpc) is 2.83. The van der Waals surface area contributed by atoms with Gasteiger partial charge in [-0.3, -0.25) is 0 Å². The summed E-state index contributed by atoms with van der Waals surface area (Å²) in [6.07, 6.45) is 0. The molecule has 6 heteroatoms. The Morgan fingerprint density at radius 2 is 2.11 bits per heavy atom. The molecule has 0 saturated heterocycles. The Bertz CT molecular complexity index is 601. The molecule has 6 nitrogen and oxygen atoms in total. The molecule has 0 amide bonds. The van der Waals surface area contributed by atoms with Crippen molar-refractivity contribution >= 4 is 0 Å². The van der Waals surface area contributed by atoms with E-state index in [0.717, 1.165) is 0 Å². The molecule has 0 aliphatic carbocycles.